The molecule has 1 aromatic carbocycles. The first-order chi connectivity index (χ1) is 10.1. The SMILES string of the molecule is C[C@H](O)[C@H](C)C/C=C/c1ccc(CC2CCOC2=O)cc1. The summed E-state index contributed by atoms with van der Waals surface area (Å²) in [5, 5.41) is 9.44. The molecule has 0 aliphatic carbocycles. The van der Waals surface area contributed by atoms with E-state index in [0.717, 1.165) is 24.8 Å². The number of carbonyl (C=O) groups is 1. The van der Waals surface area contributed by atoms with Crippen molar-refractivity contribution in [2.75, 3.05) is 6.61 Å². The van der Waals surface area contributed by atoms with E-state index in [1.54, 1.807) is 0 Å². The molecule has 1 N–H and O–H groups in total. The van der Waals surface area contributed by atoms with Gasteiger partial charge >= 0.3 is 5.97 Å². The summed E-state index contributed by atoms with van der Waals surface area (Å²) in [7, 11) is 0. The van der Waals surface area contributed by atoms with Crippen LogP contribution in [-0.2, 0) is 16.0 Å². The molecule has 0 spiro atoms. The summed E-state index contributed by atoms with van der Waals surface area (Å²) in [5.41, 5.74) is 2.32. The van der Waals surface area contributed by atoms with Gasteiger partial charge in [-0.1, -0.05) is 43.3 Å². The van der Waals surface area contributed by atoms with Crippen LogP contribution in [0.4, 0.5) is 0 Å². The van der Waals surface area contributed by atoms with E-state index in [9.17, 15) is 9.90 Å². The molecule has 0 bridgehead atoms. The van der Waals surface area contributed by atoms with Crippen molar-refractivity contribution in [3.8, 4) is 0 Å². The van der Waals surface area contributed by atoms with Gasteiger partial charge in [0.05, 0.1) is 18.6 Å². The minimum atomic E-state index is -0.275. The average molecular weight is 288 g/mol. The Balaban J connectivity index is 1.87. The van der Waals surface area contributed by atoms with Gasteiger partial charge in [-0.2, -0.15) is 0 Å². The second kappa shape index (κ2) is 7.41. The summed E-state index contributed by atoms with van der Waals surface area (Å²) < 4.78 is 4.99. The third-order valence-electron chi connectivity index (χ3n) is 4.15. The monoisotopic (exact) mass is 288 g/mol. The Morgan fingerprint density at radius 1 is 1.33 bits per heavy atom. The molecule has 1 aliphatic rings. The number of rotatable bonds is 6. The van der Waals surface area contributed by atoms with E-state index in [0.29, 0.717) is 6.61 Å². The molecule has 0 radical (unpaired) electrons. The lowest BCUT2D eigenvalue weighted by Gasteiger charge is -2.11. The number of ether oxygens (including phenoxy) is 1. The van der Waals surface area contributed by atoms with Gasteiger partial charge in [0.2, 0.25) is 0 Å². The molecule has 0 aromatic heterocycles. The Kier molecular flexibility index (Phi) is 5.57. The Morgan fingerprint density at radius 2 is 2.05 bits per heavy atom. The fourth-order valence-corrected chi connectivity index (χ4v) is 2.39. The van der Waals surface area contributed by atoms with Crippen LogP contribution in [0.15, 0.2) is 30.3 Å². The van der Waals surface area contributed by atoms with Crippen LogP contribution in [0.25, 0.3) is 6.08 Å². The summed E-state index contributed by atoms with van der Waals surface area (Å²) in [6.07, 6.45) is 6.36. The third-order valence-corrected chi connectivity index (χ3v) is 4.15. The first kappa shape index (κ1) is 15.8. The lowest BCUT2D eigenvalue weighted by atomic mass is 9.97. The molecule has 1 fully saturated rings. The largest absolute Gasteiger partial charge is 0.465 e. The summed E-state index contributed by atoms with van der Waals surface area (Å²) >= 11 is 0. The van der Waals surface area contributed by atoms with Gasteiger partial charge in [-0.15, -0.1) is 0 Å². The van der Waals surface area contributed by atoms with Crippen LogP contribution in [0.3, 0.4) is 0 Å². The highest BCUT2D eigenvalue weighted by atomic mass is 16.5. The van der Waals surface area contributed by atoms with Crippen molar-refractivity contribution in [2.24, 2.45) is 11.8 Å². The van der Waals surface area contributed by atoms with Crippen molar-refractivity contribution in [3.05, 3.63) is 41.5 Å². The fraction of sp³-hybridized carbons (Fsp3) is 0.500. The van der Waals surface area contributed by atoms with E-state index in [4.69, 9.17) is 4.74 Å². The van der Waals surface area contributed by atoms with E-state index in [1.165, 1.54) is 5.56 Å². The molecule has 1 aliphatic heterocycles. The standard InChI is InChI=1S/C18H24O3/c1-13(14(2)19)4-3-5-15-6-8-16(9-7-15)12-17-10-11-21-18(17)20/h3,5-9,13-14,17,19H,4,10-12H2,1-2H3/b5-3+/t13-,14+,17?/m1/s1. The summed E-state index contributed by atoms with van der Waals surface area (Å²) in [6, 6.07) is 8.28. The molecular weight excluding hydrogens is 264 g/mol. The van der Waals surface area contributed by atoms with Gasteiger partial charge in [0.15, 0.2) is 0 Å². The number of aliphatic hydroxyl groups is 1. The molecule has 0 amide bonds. The average Bonchev–Trinajstić information content (AvgIpc) is 2.86. The van der Waals surface area contributed by atoms with E-state index in [-0.39, 0.29) is 23.9 Å². The maximum absolute atomic E-state index is 11.5. The van der Waals surface area contributed by atoms with E-state index < -0.39 is 0 Å². The number of allylic oxidation sites excluding steroid dienone is 1. The lowest BCUT2D eigenvalue weighted by Crippen LogP contribution is -2.11. The van der Waals surface area contributed by atoms with E-state index >= 15 is 0 Å². The molecular formula is C18H24O3. The zero-order chi connectivity index (χ0) is 15.2. The quantitative estimate of drug-likeness (QED) is 0.818. The summed E-state index contributed by atoms with van der Waals surface area (Å²) in [4.78, 5) is 11.5. The second-order valence-electron chi connectivity index (χ2n) is 5.95. The zero-order valence-electron chi connectivity index (χ0n) is 12.8. The van der Waals surface area contributed by atoms with Gasteiger partial charge in [0.25, 0.3) is 0 Å². The van der Waals surface area contributed by atoms with Gasteiger partial charge in [-0.3, -0.25) is 4.79 Å². The number of hydrogen-bond donors (Lipinski definition) is 1. The number of cyclic esters (lactones) is 1. The molecule has 1 saturated heterocycles. The van der Waals surface area contributed by atoms with Crippen molar-refractivity contribution >= 4 is 12.0 Å². The molecule has 1 aromatic rings. The van der Waals surface area contributed by atoms with Crippen LogP contribution < -0.4 is 0 Å². The third kappa shape index (κ3) is 4.71. The maximum Gasteiger partial charge on any atom is 0.309 e. The first-order valence-corrected chi connectivity index (χ1v) is 7.66. The molecule has 3 nitrogen and oxygen atoms in total. The van der Waals surface area contributed by atoms with E-state index in [2.05, 4.69) is 36.4 Å². The van der Waals surface area contributed by atoms with Crippen LogP contribution in [0, 0.1) is 11.8 Å². The minimum absolute atomic E-state index is 0.0262. The van der Waals surface area contributed by atoms with Crippen LogP contribution >= 0.6 is 0 Å². The zero-order valence-corrected chi connectivity index (χ0v) is 12.8. The molecule has 1 unspecified atom stereocenters. The molecule has 114 valence electrons. The van der Waals surface area contributed by atoms with Crippen molar-refractivity contribution < 1.29 is 14.6 Å². The van der Waals surface area contributed by atoms with Gasteiger partial charge < -0.3 is 9.84 Å². The van der Waals surface area contributed by atoms with Crippen molar-refractivity contribution in [1.29, 1.82) is 0 Å². The lowest BCUT2D eigenvalue weighted by molar-refractivity contribution is -0.141. The predicted molar refractivity (Wildman–Crippen MR) is 83.7 cm³/mol. The topological polar surface area (TPSA) is 46.5 Å². The van der Waals surface area contributed by atoms with Crippen LogP contribution in [0.1, 0.15) is 37.8 Å². The van der Waals surface area contributed by atoms with Gasteiger partial charge in [0.1, 0.15) is 0 Å². The highest BCUT2D eigenvalue weighted by Crippen LogP contribution is 2.20. The Hall–Kier alpha value is -1.61. The molecule has 1 heterocycles. The number of aliphatic hydroxyl groups excluding tert-OH is 1. The van der Waals surface area contributed by atoms with Crippen LogP contribution in [0.5, 0.6) is 0 Å². The maximum atomic E-state index is 11.5. The number of esters is 1. The molecule has 2 rings (SSSR count). The fourth-order valence-electron chi connectivity index (χ4n) is 2.39. The van der Waals surface area contributed by atoms with Crippen molar-refractivity contribution in [3.63, 3.8) is 0 Å². The van der Waals surface area contributed by atoms with E-state index in [1.807, 2.05) is 13.8 Å². The number of benzene rings is 1. The first-order valence-electron chi connectivity index (χ1n) is 7.66. The molecule has 3 atom stereocenters. The highest BCUT2D eigenvalue weighted by Gasteiger charge is 2.26. The second-order valence-corrected chi connectivity index (χ2v) is 5.95. The van der Waals surface area contributed by atoms with Gasteiger partial charge in [-0.25, -0.2) is 0 Å². The molecule has 0 saturated carbocycles. The van der Waals surface area contributed by atoms with Crippen molar-refractivity contribution in [1.82, 2.24) is 0 Å². The Bertz CT molecular complexity index is 488. The molecule has 21 heavy (non-hydrogen) atoms. The Labute approximate surface area is 126 Å². The normalized spacial score (nSPS) is 21.5. The van der Waals surface area contributed by atoms with Crippen LogP contribution in [0.2, 0.25) is 0 Å². The smallest absolute Gasteiger partial charge is 0.309 e. The summed E-state index contributed by atoms with van der Waals surface area (Å²) in [6.45, 7) is 4.42. The molecule has 3 heteroatoms. The predicted octanol–water partition coefficient (Wildman–Crippen LogP) is 3.21. The summed E-state index contributed by atoms with van der Waals surface area (Å²) in [5.74, 6) is 0.235. The Morgan fingerprint density at radius 3 is 2.62 bits per heavy atom. The highest BCUT2D eigenvalue weighted by molar-refractivity contribution is 5.74. The van der Waals surface area contributed by atoms with Gasteiger partial charge in [-0.05, 0) is 43.2 Å². The van der Waals surface area contributed by atoms with Crippen LogP contribution in [-0.4, -0.2) is 23.8 Å². The number of carbonyl (C=O) groups excluding carboxylic acids is 1. The van der Waals surface area contributed by atoms with Crippen molar-refractivity contribution in [2.45, 2.75) is 39.2 Å². The van der Waals surface area contributed by atoms with Gasteiger partial charge in [0, 0.05) is 0 Å². The minimum Gasteiger partial charge on any atom is -0.465 e. The number of hydrogen-bond acceptors (Lipinski definition) is 3.